The van der Waals surface area contributed by atoms with Crippen molar-refractivity contribution in [1.29, 1.82) is 0 Å². The molecule has 4 aliphatic rings. The molecule has 0 bridgehead atoms. The first kappa shape index (κ1) is 22.6. The lowest BCUT2D eigenvalue weighted by atomic mass is 9.50. The summed E-state index contributed by atoms with van der Waals surface area (Å²) < 4.78 is 29.8. The third-order valence-electron chi connectivity index (χ3n) is 9.33. The minimum absolute atomic E-state index is 0.0113. The number of alkyl halides is 2. The van der Waals surface area contributed by atoms with E-state index in [4.69, 9.17) is 0 Å². The zero-order valence-corrected chi connectivity index (χ0v) is 19.6. The summed E-state index contributed by atoms with van der Waals surface area (Å²) in [6.45, 7) is 4.26. The van der Waals surface area contributed by atoms with E-state index >= 15 is 0 Å². The van der Waals surface area contributed by atoms with Gasteiger partial charge in [-0.2, -0.15) is 0 Å². The molecule has 1 aromatic carbocycles. The number of aliphatic hydroxyl groups is 1. The second-order valence-corrected chi connectivity index (χ2v) is 11.0. The summed E-state index contributed by atoms with van der Waals surface area (Å²) in [6.07, 6.45) is 5.73. The summed E-state index contributed by atoms with van der Waals surface area (Å²) in [5.74, 6) is -3.05. The highest BCUT2D eigenvalue weighted by molar-refractivity contribution is 5.94. The Morgan fingerprint density at radius 3 is 2.45 bits per heavy atom. The van der Waals surface area contributed by atoms with Crippen LogP contribution in [0.25, 0.3) is 0 Å². The molecule has 0 aromatic heterocycles. The van der Waals surface area contributed by atoms with Crippen molar-refractivity contribution in [2.45, 2.75) is 83.2 Å². The lowest BCUT2D eigenvalue weighted by Crippen LogP contribution is -2.59. The minimum Gasteiger partial charge on any atom is -0.383 e. The van der Waals surface area contributed by atoms with Crippen LogP contribution in [0.15, 0.2) is 47.1 Å². The molecule has 0 spiro atoms. The number of carbonyl (C=O) groups excluding carboxylic acids is 2. The van der Waals surface area contributed by atoms with Crippen LogP contribution in [0.5, 0.6) is 0 Å². The van der Waals surface area contributed by atoms with Crippen molar-refractivity contribution in [3.05, 3.63) is 58.2 Å². The topological polar surface area (TPSA) is 54.4 Å². The predicted octanol–water partition coefficient (Wildman–Crippen LogP) is 6.18. The van der Waals surface area contributed by atoms with Gasteiger partial charge < -0.3 is 5.11 Å². The van der Waals surface area contributed by atoms with Gasteiger partial charge in [0.05, 0.1) is 0 Å². The van der Waals surface area contributed by atoms with Gasteiger partial charge in [0.15, 0.2) is 11.6 Å². The molecule has 0 heterocycles. The van der Waals surface area contributed by atoms with Gasteiger partial charge in [-0.3, -0.25) is 9.59 Å². The van der Waals surface area contributed by atoms with E-state index in [9.17, 15) is 23.5 Å². The van der Waals surface area contributed by atoms with E-state index in [0.29, 0.717) is 31.2 Å². The molecule has 4 aliphatic carbocycles. The van der Waals surface area contributed by atoms with E-state index in [-0.39, 0.29) is 35.7 Å². The van der Waals surface area contributed by atoms with Crippen LogP contribution in [0.3, 0.4) is 0 Å². The zero-order chi connectivity index (χ0) is 23.8. The molecular weight excluding hydrogens is 422 g/mol. The number of ketones is 2. The fourth-order valence-corrected chi connectivity index (χ4v) is 7.64. The van der Waals surface area contributed by atoms with Crippen molar-refractivity contribution in [1.82, 2.24) is 0 Å². The molecule has 176 valence electrons. The van der Waals surface area contributed by atoms with Crippen LogP contribution in [0, 0.1) is 17.3 Å². The summed E-state index contributed by atoms with van der Waals surface area (Å²) in [5.41, 5.74) is 2.30. The number of halogens is 2. The number of Topliss-reactive ketones (excluding diaryl/α,β-unsaturated/α-hetero) is 1. The first-order valence-electron chi connectivity index (χ1n) is 12.1. The van der Waals surface area contributed by atoms with Crippen molar-refractivity contribution in [3.63, 3.8) is 0 Å². The first-order valence-corrected chi connectivity index (χ1v) is 12.1. The van der Waals surface area contributed by atoms with Crippen LogP contribution < -0.4 is 0 Å². The van der Waals surface area contributed by atoms with Gasteiger partial charge in [0, 0.05) is 30.2 Å². The second kappa shape index (κ2) is 7.43. The molecular formula is C28H32F2O3. The molecule has 0 aliphatic heterocycles. The highest BCUT2D eigenvalue weighted by Gasteiger charge is 2.69. The van der Waals surface area contributed by atoms with Crippen LogP contribution in [-0.4, -0.2) is 28.2 Å². The monoisotopic (exact) mass is 454 g/mol. The Labute approximate surface area is 194 Å². The van der Waals surface area contributed by atoms with E-state index in [1.165, 1.54) is 18.1 Å². The third kappa shape index (κ3) is 3.22. The van der Waals surface area contributed by atoms with E-state index < -0.39 is 16.9 Å². The fraction of sp³-hybridized carbons (Fsp3) is 0.571. The highest BCUT2D eigenvalue weighted by atomic mass is 19.3. The van der Waals surface area contributed by atoms with Gasteiger partial charge in [-0.25, -0.2) is 8.78 Å². The SMILES string of the molecule is CC(=O)c1ccc(C2C[C@@]3(C)C(CC[C@@]3(O)C(C)(F)F)C3CCC4=CC(=O)CCC4=C23)cc1. The molecule has 3 nitrogen and oxygen atoms in total. The van der Waals surface area contributed by atoms with Crippen molar-refractivity contribution in [2.75, 3.05) is 0 Å². The summed E-state index contributed by atoms with van der Waals surface area (Å²) in [4.78, 5) is 23.9. The van der Waals surface area contributed by atoms with Gasteiger partial charge in [-0.1, -0.05) is 36.8 Å². The summed E-state index contributed by atoms with van der Waals surface area (Å²) >= 11 is 0. The predicted molar refractivity (Wildman–Crippen MR) is 122 cm³/mol. The number of carbonyl (C=O) groups is 2. The summed E-state index contributed by atoms with van der Waals surface area (Å²) in [7, 11) is 0. The standard InChI is InChI=1S/C28H32F2O3/c1-16(31)17-4-6-18(7-5-17)23-15-26(2)24(12-13-28(26,33)27(3,29)30)22-10-8-19-14-20(32)9-11-21(19)25(22)23/h4-7,14,22-24,33H,8-13,15H2,1-3H3/t22?,23?,24?,26-,28-/m0/s1. The number of benzene rings is 1. The Balaban J connectivity index is 1.68. The van der Waals surface area contributed by atoms with Crippen LogP contribution in [0.2, 0.25) is 0 Å². The molecule has 0 radical (unpaired) electrons. The number of fused-ring (bicyclic) bond motifs is 4. The molecule has 33 heavy (non-hydrogen) atoms. The van der Waals surface area contributed by atoms with Crippen LogP contribution in [-0.2, 0) is 4.79 Å². The van der Waals surface area contributed by atoms with Gasteiger partial charge >= 0.3 is 0 Å². The van der Waals surface area contributed by atoms with Crippen LogP contribution in [0.4, 0.5) is 8.78 Å². The second-order valence-electron chi connectivity index (χ2n) is 11.0. The molecule has 3 unspecified atom stereocenters. The highest BCUT2D eigenvalue weighted by Crippen LogP contribution is 2.69. The molecule has 0 saturated heterocycles. The largest absolute Gasteiger partial charge is 0.383 e. The quantitative estimate of drug-likeness (QED) is 0.555. The first-order chi connectivity index (χ1) is 15.5. The minimum atomic E-state index is -3.19. The van der Waals surface area contributed by atoms with Crippen LogP contribution >= 0.6 is 0 Å². The summed E-state index contributed by atoms with van der Waals surface area (Å²) in [6, 6.07) is 7.51. The van der Waals surface area contributed by atoms with Crippen molar-refractivity contribution in [3.8, 4) is 0 Å². The Morgan fingerprint density at radius 1 is 1.12 bits per heavy atom. The third-order valence-corrected chi connectivity index (χ3v) is 9.33. The maximum absolute atomic E-state index is 14.9. The van der Waals surface area contributed by atoms with Gasteiger partial charge in [0.2, 0.25) is 0 Å². The smallest absolute Gasteiger partial charge is 0.274 e. The Morgan fingerprint density at radius 2 is 1.82 bits per heavy atom. The average Bonchev–Trinajstić information content (AvgIpc) is 3.04. The lowest BCUT2D eigenvalue weighted by molar-refractivity contribution is -0.228. The number of allylic oxidation sites excluding steroid dienone is 4. The molecule has 5 rings (SSSR count). The molecule has 5 heteroatoms. The normalized spacial score (nSPS) is 36.1. The van der Waals surface area contributed by atoms with Crippen LogP contribution in [0.1, 0.15) is 87.6 Å². The summed E-state index contributed by atoms with van der Waals surface area (Å²) in [5, 5.41) is 11.5. The van der Waals surface area contributed by atoms with E-state index in [0.717, 1.165) is 30.9 Å². The number of hydrogen-bond acceptors (Lipinski definition) is 3. The Kier molecular flexibility index (Phi) is 5.10. The maximum atomic E-state index is 14.9. The van der Waals surface area contributed by atoms with Crippen molar-refractivity contribution in [2.24, 2.45) is 17.3 Å². The lowest BCUT2D eigenvalue weighted by Gasteiger charge is -2.55. The molecule has 1 aromatic rings. The van der Waals surface area contributed by atoms with Gasteiger partial charge in [-0.15, -0.1) is 0 Å². The average molecular weight is 455 g/mol. The zero-order valence-electron chi connectivity index (χ0n) is 19.6. The number of hydrogen-bond donors (Lipinski definition) is 1. The van der Waals surface area contributed by atoms with E-state index in [1.807, 2.05) is 31.2 Å². The molecule has 2 saturated carbocycles. The maximum Gasteiger partial charge on any atom is 0.274 e. The van der Waals surface area contributed by atoms with E-state index in [1.54, 1.807) is 6.08 Å². The fourth-order valence-electron chi connectivity index (χ4n) is 7.64. The van der Waals surface area contributed by atoms with E-state index in [2.05, 4.69) is 0 Å². The Hall–Kier alpha value is -2.14. The van der Waals surface area contributed by atoms with Gasteiger partial charge in [0.1, 0.15) is 5.60 Å². The van der Waals surface area contributed by atoms with Crippen molar-refractivity contribution >= 4 is 11.6 Å². The van der Waals surface area contributed by atoms with Gasteiger partial charge in [0.25, 0.3) is 5.92 Å². The van der Waals surface area contributed by atoms with Crippen molar-refractivity contribution < 1.29 is 23.5 Å². The molecule has 1 N–H and O–H groups in total. The molecule has 5 atom stereocenters. The molecule has 2 fully saturated rings. The number of rotatable bonds is 3. The van der Waals surface area contributed by atoms with Gasteiger partial charge in [-0.05, 0) is 80.1 Å². The Bertz CT molecular complexity index is 1080. The molecule has 0 amide bonds.